The third-order valence-electron chi connectivity index (χ3n) is 4.13. The fourth-order valence-electron chi connectivity index (χ4n) is 2.53. The Balaban J connectivity index is 3.21. The van der Waals surface area contributed by atoms with Crippen LogP contribution in [0.3, 0.4) is 0 Å². The van der Waals surface area contributed by atoms with E-state index in [1.165, 1.54) is 13.8 Å². The van der Waals surface area contributed by atoms with Crippen molar-refractivity contribution in [3.05, 3.63) is 55.8 Å². The minimum atomic E-state index is -1.42. The van der Waals surface area contributed by atoms with Gasteiger partial charge in [-0.25, -0.2) is 37.7 Å². The number of nitrogens with zero attached hydrogens (tertiary/aromatic N) is 3. The van der Waals surface area contributed by atoms with Crippen molar-refractivity contribution in [2.45, 2.75) is 59.0 Å². The van der Waals surface area contributed by atoms with Gasteiger partial charge < -0.3 is 19.7 Å². The summed E-state index contributed by atoms with van der Waals surface area (Å²) in [5, 5.41) is 20.3. The molecule has 0 bridgehead atoms. The molecule has 1 aromatic rings. The van der Waals surface area contributed by atoms with Crippen LogP contribution < -0.4 is 17.1 Å². The predicted octanol–water partition coefficient (Wildman–Crippen LogP) is -1.46. The molecule has 0 aliphatic rings. The molecule has 0 spiro atoms. The lowest BCUT2D eigenvalue weighted by atomic mass is 10.3. The Morgan fingerprint density at radius 3 is 1.47 bits per heavy atom. The van der Waals surface area contributed by atoms with E-state index >= 15 is 0 Å². The smallest absolute Gasteiger partial charge is 0.336 e. The fraction of sp³-hybridized carbons (Fsp3) is 0.550. The number of aliphatic hydroxyl groups excluding tert-OH is 2. The van der Waals surface area contributed by atoms with Crippen molar-refractivity contribution in [3.63, 3.8) is 0 Å². The van der Waals surface area contributed by atoms with Crippen LogP contribution in [0.2, 0.25) is 0 Å². The van der Waals surface area contributed by atoms with Gasteiger partial charge in [-0.3, -0.25) is 0 Å². The van der Waals surface area contributed by atoms with Crippen molar-refractivity contribution in [2.24, 2.45) is 0 Å². The molecule has 1 heterocycles. The summed E-state index contributed by atoms with van der Waals surface area (Å²) in [5.74, 6) is -1.51. The molecular weight excluding hydrogens is 426 g/mol. The van der Waals surface area contributed by atoms with Crippen molar-refractivity contribution >= 4 is 11.9 Å². The largest absolute Gasteiger partial charge is 0.460 e. The summed E-state index contributed by atoms with van der Waals surface area (Å²) in [4.78, 5) is 61.0. The van der Waals surface area contributed by atoms with Crippen LogP contribution in [0, 0.1) is 0 Å². The molecule has 0 aliphatic heterocycles. The van der Waals surface area contributed by atoms with E-state index < -0.39 is 67.5 Å². The van der Waals surface area contributed by atoms with Crippen molar-refractivity contribution in [3.8, 4) is 0 Å². The first-order valence-electron chi connectivity index (χ1n) is 9.86. The van der Waals surface area contributed by atoms with Gasteiger partial charge in [-0.2, -0.15) is 0 Å². The minimum absolute atomic E-state index is 0.0145. The van der Waals surface area contributed by atoms with Crippen molar-refractivity contribution in [2.75, 3.05) is 13.2 Å². The highest BCUT2D eigenvalue weighted by Gasteiger charge is 2.21. The van der Waals surface area contributed by atoms with Crippen LogP contribution in [0.15, 0.2) is 38.7 Å². The SMILES string of the molecule is C=C(C)C(=O)OCC(O)Cn1c(=O)n(CCC)c(=O)n(CC(O)COC(=O)C(=C)C)c1=O. The average molecular weight is 455 g/mol. The van der Waals surface area contributed by atoms with Crippen LogP contribution in [0.1, 0.15) is 27.2 Å². The number of hydrogen-bond donors (Lipinski definition) is 2. The van der Waals surface area contributed by atoms with Gasteiger partial charge in [0, 0.05) is 17.7 Å². The standard InChI is InChI=1S/C20H29N3O9/c1-6-7-21-18(28)22(8-14(24)10-31-16(26)12(2)3)20(30)23(19(21)29)9-15(25)11-32-17(27)13(4)5/h14-15,24-25H,2,4,6-11H2,1,3,5H3. The van der Waals surface area contributed by atoms with Gasteiger partial charge >= 0.3 is 29.0 Å². The average Bonchev–Trinajstić information content (AvgIpc) is 2.73. The highest BCUT2D eigenvalue weighted by atomic mass is 16.5. The Bertz CT molecular complexity index is 972. The zero-order valence-corrected chi connectivity index (χ0v) is 18.4. The second-order valence-electron chi connectivity index (χ2n) is 7.29. The third kappa shape index (κ3) is 7.17. The van der Waals surface area contributed by atoms with Gasteiger partial charge in [0.15, 0.2) is 0 Å². The summed E-state index contributed by atoms with van der Waals surface area (Å²) in [7, 11) is 0. The van der Waals surface area contributed by atoms with Gasteiger partial charge in [0.25, 0.3) is 0 Å². The van der Waals surface area contributed by atoms with E-state index in [0.29, 0.717) is 15.6 Å². The third-order valence-corrected chi connectivity index (χ3v) is 4.13. The summed E-state index contributed by atoms with van der Waals surface area (Å²) in [5.41, 5.74) is -2.77. The Hall–Kier alpha value is -3.25. The van der Waals surface area contributed by atoms with E-state index in [-0.39, 0.29) is 17.7 Å². The van der Waals surface area contributed by atoms with Crippen LogP contribution >= 0.6 is 0 Å². The quantitative estimate of drug-likeness (QED) is 0.284. The molecule has 32 heavy (non-hydrogen) atoms. The van der Waals surface area contributed by atoms with Crippen molar-refractivity contribution < 1.29 is 29.3 Å². The summed E-state index contributed by atoms with van der Waals surface area (Å²) >= 11 is 0. The number of rotatable bonds is 12. The zero-order chi connectivity index (χ0) is 24.6. The van der Waals surface area contributed by atoms with E-state index in [9.17, 15) is 34.2 Å². The lowest BCUT2D eigenvalue weighted by Gasteiger charge is -2.18. The van der Waals surface area contributed by atoms with Crippen LogP contribution in [0.25, 0.3) is 0 Å². The maximum Gasteiger partial charge on any atom is 0.336 e. The second-order valence-corrected chi connectivity index (χ2v) is 7.29. The first kappa shape index (κ1) is 26.8. The van der Waals surface area contributed by atoms with Crippen molar-refractivity contribution in [1.82, 2.24) is 13.7 Å². The van der Waals surface area contributed by atoms with Crippen LogP contribution in [0.5, 0.6) is 0 Å². The molecule has 178 valence electrons. The molecule has 0 saturated heterocycles. The number of hydrogen-bond acceptors (Lipinski definition) is 9. The van der Waals surface area contributed by atoms with Gasteiger partial charge in [0.2, 0.25) is 0 Å². The van der Waals surface area contributed by atoms with Crippen LogP contribution in [-0.4, -0.2) is 61.3 Å². The van der Waals surface area contributed by atoms with E-state index in [1.54, 1.807) is 6.92 Å². The van der Waals surface area contributed by atoms with Gasteiger partial charge in [0.05, 0.1) is 13.1 Å². The Morgan fingerprint density at radius 2 is 1.16 bits per heavy atom. The molecule has 0 aromatic carbocycles. The number of aliphatic hydroxyl groups is 2. The molecule has 0 saturated carbocycles. The number of carbonyl (C=O) groups excluding carboxylic acids is 2. The normalized spacial score (nSPS) is 12.7. The van der Waals surface area contributed by atoms with Gasteiger partial charge in [-0.15, -0.1) is 0 Å². The minimum Gasteiger partial charge on any atom is -0.460 e. The number of esters is 2. The van der Waals surface area contributed by atoms with E-state index in [1.807, 2.05) is 0 Å². The van der Waals surface area contributed by atoms with Gasteiger partial charge in [-0.05, 0) is 20.3 Å². The Morgan fingerprint density at radius 1 is 0.812 bits per heavy atom. The molecule has 0 fully saturated rings. The van der Waals surface area contributed by atoms with E-state index in [0.717, 1.165) is 4.57 Å². The molecule has 0 amide bonds. The molecule has 0 radical (unpaired) electrons. The lowest BCUT2D eigenvalue weighted by molar-refractivity contribution is -0.142. The monoisotopic (exact) mass is 455 g/mol. The fourth-order valence-corrected chi connectivity index (χ4v) is 2.53. The molecule has 2 N–H and O–H groups in total. The summed E-state index contributed by atoms with van der Waals surface area (Å²) in [6.45, 7) is 9.18. The highest BCUT2D eigenvalue weighted by Crippen LogP contribution is 1.97. The Labute approximate surface area is 183 Å². The zero-order valence-electron chi connectivity index (χ0n) is 18.4. The topological polar surface area (TPSA) is 159 Å². The maximum absolute atomic E-state index is 12.8. The molecule has 2 atom stereocenters. The van der Waals surface area contributed by atoms with Crippen molar-refractivity contribution in [1.29, 1.82) is 0 Å². The first-order valence-corrected chi connectivity index (χ1v) is 9.86. The number of ether oxygens (including phenoxy) is 2. The van der Waals surface area contributed by atoms with E-state index in [4.69, 9.17) is 9.47 Å². The molecule has 2 unspecified atom stereocenters. The summed E-state index contributed by atoms with van der Waals surface area (Å²) < 4.78 is 11.6. The predicted molar refractivity (Wildman–Crippen MR) is 113 cm³/mol. The Kier molecular flexibility index (Phi) is 10.0. The summed E-state index contributed by atoms with van der Waals surface area (Å²) in [6, 6.07) is 0. The molecule has 12 heteroatoms. The molecular formula is C20H29N3O9. The first-order chi connectivity index (χ1) is 14.9. The molecule has 12 nitrogen and oxygen atoms in total. The lowest BCUT2D eigenvalue weighted by Crippen LogP contribution is -2.56. The molecule has 0 aliphatic carbocycles. The number of aromatic nitrogens is 3. The molecule has 1 rings (SSSR count). The number of carbonyl (C=O) groups is 2. The maximum atomic E-state index is 12.8. The van der Waals surface area contributed by atoms with E-state index in [2.05, 4.69) is 13.2 Å². The van der Waals surface area contributed by atoms with Gasteiger partial charge in [0.1, 0.15) is 25.4 Å². The van der Waals surface area contributed by atoms with Gasteiger partial charge in [-0.1, -0.05) is 20.1 Å². The summed E-state index contributed by atoms with van der Waals surface area (Å²) in [6.07, 6.45) is -2.46. The van der Waals surface area contributed by atoms with Crippen LogP contribution in [0.4, 0.5) is 0 Å². The molecule has 1 aromatic heterocycles. The second kappa shape index (κ2) is 12.0. The highest BCUT2D eigenvalue weighted by molar-refractivity contribution is 5.87. The van der Waals surface area contributed by atoms with Crippen LogP contribution in [-0.2, 0) is 38.7 Å².